The Kier molecular flexibility index (Phi) is 5.99. The van der Waals surface area contributed by atoms with E-state index in [2.05, 4.69) is 39.9 Å². The van der Waals surface area contributed by atoms with Gasteiger partial charge in [0.1, 0.15) is 0 Å². The van der Waals surface area contributed by atoms with Crippen molar-refractivity contribution in [1.29, 1.82) is 0 Å². The summed E-state index contributed by atoms with van der Waals surface area (Å²) in [6.45, 7) is 12.9. The lowest BCUT2D eigenvalue weighted by Gasteiger charge is -2.43. The molecule has 1 aliphatic rings. The van der Waals surface area contributed by atoms with Gasteiger partial charge in [-0.15, -0.1) is 0 Å². The number of hydrogen-bond acceptors (Lipinski definition) is 1. The predicted molar refractivity (Wildman–Crippen MR) is 77.3 cm³/mol. The summed E-state index contributed by atoms with van der Waals surface area (Å²) >= 11 is 0. The third-order valence-electron chi connectivity index (χ3n) is 5.05. The topological polar surface area (TPSA) is 12.0 Å². The molecule has 3 atom stereocenters. The summed E-state index contributed by atoms with van der Waals surface area (Å²) in [5.74, 6) is 1.89. The Morgan fingerprint density at radius 2 is 1.88 bits per heavy atom. The molecule has 1 saturated carbocycles. The van der Waals surface area contributed by atoms with E-state index in [1.54, 1.807) is 0 Å². The third-order valence-corrected chi connectivity index (χ3v) is 5.05. The Morgan fingerprint density at radius 1 is 1.18 bits per heavy atom. The molecule has 0 radical (unpaired) electrons. The van der Waals surface area contributed by atoms with Crippen LogP contribution < -0.4 is 5.32 Å². The van der Waals surface area contributed by atoms with Crippen LogP contribution in [0.5, 0.6) is 0 Å². The van der Waals surface area contributed by atoms with Crippen LogP contribution in [0.2, 0.25) is 0 Å². The molecule has 0 aromatic rings. The van der Waals surface area contributed by atoms with Crippen LogP contribution in [0, 0.1) is 17.3 Å². The second-order valence-corrected chi connectivity index (χ2v) is 6.58. The van der Waals surface area contributed by atoms with Gasteiger partial charge in [-0.2, -0.15) is 0 Å². The maximum atomic E-state index is 3.79. The molecule has 0 bridgehead atoms. The van der Waals surface area contributed by atoms with E-state index in [0.717, 1.165) is 18.4 Å². The van der Waals surface area contributed by atoms with Gasteiger partial charge >= 0.3 is 0 Å². The van der Waals surface area contributed by atoms with Crippen LogP contribution >= 0.6 is 0 Å². The van der Waals surface area contributed by atoms with Gasteiger partial charge in [0, 0.05) is 6.04 Å². The molecule has 17 heavy (non-hydrogen) atoms. The number of rotatable bonds is 6. The first-order chi connectivity index (χ1) is 8.05. The fraction of sp³-hybridized carbons (Fsp3) is 1.00. The highest BCUT2D eigenvalue weighted by Crippen LogP contribution is 2.39. The van der Waals surface area contributed by atoms with Gasteiger partial charge in [0.25, 0.3) is 0 Å². The predicted octanol–water partition coefficient (Wildman–Crippen LogP) is 4.62. The minimum Gasteiger partial charge on any atom is -0.313 e. The molecule has 1 heteroatoms. The molecule has 0 aliphatic heterocycles. The maximum absolute atomic E-state index is 3.79. The molecule has 0 heterocycles. The van der Waals surface area contributed by atoms with Gasteiger partial charge in [-0.3, -0.25) is 0 Å². The van der Waals surface area contributed by atoms with Gasteiger partial charge in [-0.05, 0) is 43.1 Å². The summed E-state index contributed by atoms with van der Waals surface area (Å²) in [4.78, 5) is 0. The average Bonchev–Trinajstić information content (AvgIpc) is 2.35. The molecule has 0 aromatic carbocycles. The van der Waals surface area contributed by atoms with Gasteiger partial charge in [0.15, 0.2) is 0 Å². The summed E-state index contributed by atoms with van der Waals surface area (Å²) in [5, 5.41) is 3.79. The molecule has 102 valence electrons. The van der Waals surface area contributed by atoms with Gasteiger partial charge < -0.3 is 5.32 Å². The highest BCUT2D eigenvalue weighted by molar-refractivity contribution is 4.91. The quantitative estimate of drug-likeness (QED) is 0.713. The lowest BCUT2D eigenvalue weighted by atomic mass is 9.68. The first-order valence-corrected chi connectivity index (χ1v) is 7.78. The summed E-state index contributed by atoms with van der Waals surface area (Å²) in [7, 11) is 0. The fourth-order valence-corrected chi connectivity index (χ4v) is 3.53. The van der Waals surface area contributed by atoms with E-state index in [4.69, 9.17) is 0 Å². The van der Waals surface area contributed by atoms with Crippen LogP contribution in [-0.4, -0.2) is 12.6 Å². The van der Waals surface area contributed by atoms with Crippen LogP contribution in [0.25, 0.3) is 0 Å². The van der Waals surface area contributed by atoms with Gasteiger partial charge in [-0.25, -0.2) is 0 Å². The van der Waals surface area contributed by atoms with Gasteiger partial charge in [0.05, 0.1) is 0 Å². The van der Waals surface area contributed by atoms with Crippen molar-refractivity contribution in [2.24, 2.45) is 17.3 Å². The van der Waals surface area contributed by atoms with E-state index < -0.39 is 0 Å². The molecular weight excluding hydrogens is 206 g/mol. The highest BCUT2D eigenvalue weighted by atomic mass is 14.9. The minimum atomic E-state index is 0.441. The first kappa shape index (κ1) is 15.0. The van der Waals surface area contributed by atoms with E-state index in [1.807, 2.05) is 0 Å². The Bertz CT molecular complexity index is 210. The Hall–Kier alpha value is -0.0400. The minimum absolute atomic E-state index is 0.441. The Labute approximate surface area is 109 Å². The van der Waals surface area contributed by atoms with E-state index in [0.29, 0.717) is 11.5 Å². The van der Waals surface area contributed by atoms with Crippen molar-refractivity contribution in [2.45, 2.75) is 79.2 Å². The van der Waals surface area contributed by atoms with Gasteiger partial charge in [-0.1, -0.05) is 53.9 Å². The number of nitrogens with one attached hydrogen (secondary N) is 1. The molecule has 3 unspecified atom stereocenters. The van der Waals surface area contributed by atoms with Crippen molar-refractivity contribution in [3.05, 3.63) is 0 Å². The van der Waals surface area contributed by atoms with Gasteiger partial charge in [0.2, 0.25) is 0 Å². The Morgan fingerprint density at radius 3 is 2.41 bits per heavy atom. The van der Waals surface area contributed by atoms with Crippen molar-refractivity contribution in [3.8, 4) is 0 Å². The van der Waals surface area contributed by atoms with Crippen LogP contribution in [-0.2, 0) is 0 Å². The monoisotopic (exact) mass is 239 g/mol. The molecule has 1 aliphatic carbocycles. The molecule has 1 rings (SSSR count). The van der Waals surface area contributed by atoms with Crippen molar-refractivity contribution in [3.63, 3.8) is 0 Å². The summed E-state index contributed by atoms with van der Waals surface area (Å²) in [6, 6.07) is 0.715. The van der Waals surface area contributed by atoms with Crippen molar-refractivity contribution in [2.75, 3.05) is 6.54 Å². The summed E-state index contributed by atoms with van der Waals surface area (Å²) in [5.41, 5.74) is 0.441. The standard InChI is InChI=1S/C16H33N/c1-6-13-10-9-11-14(12-13)15(17-8-3)16(4,5)7-2/h13-15,17H,6-12H2,1-5H3. The summed E-state index contributed by atoms with van der Waals surface area (Å²) in [6.07, 6.45) is 8.47. The van der Waals surface area contributed by atoms with Crippen LogP contribution in [0.1, 0.15) is 73.1 Å². The molecule has 1 nitrogen and oxygen atoms in total. The zero-order valence-corrected chi connectivity index (χ0v) is 12.7. The summed E-state index contributed by atoms with van der Waals surface area (Å²) < 4.78 is 0. The highest BCUT2D eigenvalue weighted by Gasteiger charge is 2.35. The smallest absolute Gasteiger partial charge is 0.0146 e. The van der Waals surface area contributed by atoms with E-state index in [1.165, 1.54) is 38.5 Å². The SMILES string of the molecule is CCNC(C1CCCC(CC)C1)C(C)(C)CC. The maximum Gasteiger partial charge on any atom is 0.0146 e. The molecule has 1 fully saturated rings. The van der Waals surface area contributed by atoms with Crippen molar-refractivity contribution < 1.29 is 0 Å². The second-order valence-electron chi connectivity index (χ2n) is 6.58. The van der Waals surface area contributed by atoms with Crippen molar-refractivity contribution in [1.82, 2.24) is 5.32 Å². The van der Waals surface area contributed by atoms with Crippen LogP contribution in [0.4, 0.5) is 0 Å². The van der Waals surface area contributed by atoms with E-state index in [9.17, 15) is 0 Å². The molecular formula is C16H33N. The third kappa shape index (κ3) is 3.98. The lowest BCUT2D eigenvalue weighted by molar-refractivity contribution is 0.117. The molecule has 1 N–H and O–H groups in total. The lowest BCUT2D eigenvalue weighted by Crippen LogP contribution is -2.48. The Balaban J connectivity index is 2.69. The zero-order chi connectivity index (χ0) is 12.9. The molecule has 0 saturated heterocycles. The first-order valence-electron chi connectivity index (χ1n) is 7.78. The second kappa shape index (κ2) is 6.78. The van der Waals surface area contributed by atoms with Crippen molar-refractivity contribution >= 4 is 0 Å². The number of hydrogen-bond donors (Lipinski definition) is 1. The molecule has 0 spiro atoms. The average molecular weight is 239 g/mol. The molecule has 0 amide bonds. The van der Waals surface area contributed by atoms with E-state index >= 15 is 0 Å². The molecule has 0 aromatic heterocycles. The van der Waals surface area contributed by atoms with E-state index in [-0.39, 0.29) is 0 Å². The van der Waals surface area contributed by atoms with Crippen LogP contribution in [0.15, 0.2) is 0 Å². The fourth-order valence-electron chi connectivity index (χ4n) is 3.53. The normalized spacial score (nSPS) is 28.1. The van der Waals surface area contributed by atoms with Crippen LogP contribution in [0.3, 0.4) is 0 Å². The largest absolute Gasteiger partial charge is 0.313 e. The zero-order valence-electron chi connectivity index (χ0n) is 12.7.